The Morgan fingerprint density at radius 1 is 0.944 bits per heavy atom. The van der Waals surface area contributed by atoms with E-state index in [9.17, 15) is 22.8 Å². The molecule has 2 aromatic rings. The number of nitrogens with one attached hydrogen (secondary N) is 2. The molecule has 1 atom stereocenters. The number of amides is 1. The molecule has 0 aliphatic carbocycles. The predicted molar refractivity (Wildman–Crippen MR) is 126 cm³/mol. The van der Waals surface area contributed by atoms with Crippen molar-refractivity contribution in [2.24, 2.45) is 0 Å². The third kappa shape index (κ3) is 5.48. The lowest BCUT2D eigenvalue weighted by Gasteiger charge is -2.32. The minimum atomic E-state index is -4.71. The molecule has 3 rings (SSSR count). The molecule has 0 saturated heterocycles. The Morgan fingerprint density at radius 3 is 2.08 bits per heavy atom. The lowest BCUT2D eigenvalue weighted by atomic mass is 9.78. The first-order valence-electron chi connectivity index (χ1n) is 10.9. The molecular weight excluding hydrogens is 477 g/mol. The van der Waals surface area contributed by atoms with E-state index >= 15 is 0 Å². The molecule has 2 N–H and O–H groups in total. The van der Waals surface area contributed by atoms with Crippen molar-refractivity contribution in [3.8, 4) is 11.5 Å². The molecule has 1 aliphatic heterocycles. The third-order valence-electron chi connectivity index (χ3n) is 5.85. The van der Waals surface area contributed by atoms with E-state index in [0.29, 0.717) is 28.5 Å². The minimum absolute atomic E-state index is 0.0208. The van der Waals surface area contributed by atoms with Gasteiger partial charge in [0.05, 0.1) is 38.4 Å². The first-order valence-corrected chi connectivity index (χ1v) is 10.9. The van der Waals surface area contributed by atoms with Crippen LogP contribution in [0.1, 0.15) is 36.5 Å². The van der Waals surface area contributed by atoms with Gasteiger partial charge in [0.15, 0.2) is 0 Å². The van der Waals surface area contributed by atoms with Gasteiger partial charge in [-0.05, 0) is 43.2 Å². The number of halogens is 3. The van der Waals surface area contributed by atoms with Crippen LogP contribution in [0.5, 0.6) is 11.5 Å². The summed E-state index contributed by atoms with van der Waals surface area (Å²) in [4.78, 5) is 26.2. The van der Waals surface area contributed by atoms with Crippen LogP contribution in [0, 0.1) is 0 Å². The third-order valence-corrected chi connectivity index (χ3v) is 5.85. The van der Waals surface area contributed by atoms with Gasteiger partial charge < -0.3 is 24.8 Å². The summed E-state index contributed by atoms with van der Waals surface area (Å²) < 4.78 is 57.3. The monoisotopic (exact) mass is 504 g/mol. The van der Waals surface area contributed by atoms with Gasteiger partial charge in [-0.2, -0.15) is 13.2 Å². The maximum Gasteiger partial charge on any atom is 0.416 e. The quantitative estimate of drug-likeness (QED) is 0.542. The highest BCUT2D eigenvalue weighted by atomic mass is 19.4. The Bertz CT molecular complexity index is 1210. The number of benzene rings is 2. The van der Waals surface area contributed by atoms with Gasteiger partial charge in [-0.25, -0.2) is 4.79 Å². The van der Waals surface area contributed by atoms with Gasteiger partial charge in [0.1, 0.15) is 11.5 Å². The topological polar surface area (TPSA) is 85.9 Å². The number of hydrogen-bond acceptors (Lipinski definition) is 6. The molecule has 0 fully saturated rings. The predicted octanol–water partition coefficient (Wildman–Crippen LogP) is 4.45. The standard InChI is InChI=1S/C26H27F3N2O5/c1-14-21(24(32)30-13-16-10-17(34-3)12-18(11-16)35-4)23(22(15(2)31-14)25(33)36-5)19-8-6-7-9-20(19)26(27,28)29/h6-12,23,31H,13H2,1-5H3,(H,30,32)/t23-/m1/s1. The molecule has 10 heteroatoms. The van der Waals surface area contributed by atoms with Crippen molar-refractivity contribution >= 4 is 11.9 Å². The molecular formula is C26H27F3N2O5. The van der Waals surface area contributed by atoms with Crippen molar-refractivity contribution in [1.29, 1.82) is 0 Å². The molecule has 36 heavy (non-hydrogen) atoms. The Morgan fingerprint density at radius 2 is 1.53 bits per heavy atom. The van der Waals surface area contributed by atoms with Gasteiger partial charge in [0.2, 0.25) is 5.91 Å². The second-order valence-electron chi connectivity index (χ2n) is 8.12. The summed E-state index contributed by atoms with van der Waals surface area (Å²) in [5.41, 5.74) is 0.00749. The maximum atomic E-state index is 14.0. The summed E-state index contributed by atoms with van der Waals surface area (Å²) in [5, 5.41) is 5.69. The van der Waals surface area contributed by atoms with E-state index < -0.39 is 29.5 Å². The highest BCUT2D eigenvalue weighted by molar-refractivity contribution is 6.02. The highest BCUT2D eigenvalue weighted by Crippen LogP contribution is 2.44. The Kier molecular flexibility index (Phi) is 7.96. The average molecular weight is 505 g/mol. The maximum absolute atomic E-state index is 14.0. The molecule has 1 aliphatic rings. The van der Waals surface area contributed by atoms with Crippen LogP contribution in [0.15, 0.2) is 65.0 Å². The van der Waals surface area contributed by atoms with Crippen LogP contribution in [0.25, 0.3) is 0 Å². The van der Waals surface area contributed by atoms with Crippen LogP contribution in [0.3, 0.4) is 0 Å². The number of alkyl halides is 3. The Labute approximate surface area is 206 Å². The van der Waals surface area contributed by atoms with E-state index in [1.165, 1.54) is 32.4 Å². The van der Waals surface area contributed by atoms with Gasteiger partial charge >= 0.3 is 12.1 Å². The number of methoxy groups -OCH3 is 3. The van der Waals surface area contributed by atoms with Crippen LogP contribution in [0.4, 0.5) is 13.2 Å². The van der Waals surface area contributed by atoms with Gasteiger partial charge in [-0.15, -0.1) is 0 Å². The lowest BCUT2D eigenvalue weighted by molar-refractivity contribution is -0.139. The van der Waals surface area contributed by atoms with Crippen LogP contribution in [-0.4, -0.2) is 33.2 Å². The molecule has 2 aromatic carbocycles. The molecule has 0 spiro atoms. The fourth-order valence-electron chi connectivity index (χ4n) is 4.24. The lowest BCUT2D eigenvalue weighted by Crippen LogP contribution is -2.37. The van der Waals surface area contributed by atoms with Crippen molar-refractivity contribution in [3.05, 3.63) is 81.7 Å². The average Bonchev–Trinajstić information content (AvgIpc) is 2.85. The minimum Gasteiger partial charge on any atom is -0.497 e. The molecule has 192 valence electrons. The Balaban J connectivity index is 2.07. The summed E-state index contributed by atoms with van der Waals surface area (Å²) in [7, 11) is 4.12. The second kappa shape index (κ2) is 10.8. The van der Waals surface area contributed by atoms with E-state index in [1.807, 2.05) is 0 Å². The van der Waals surface area contributed by atoms with Gasteiger partial charge in [-0.1, -0.05) is 18.2 Å². The SMILES string of the molecule is COC(=O)C1=C(C)NC(C)=C(C(=O)NCc2cc(OC)cc(OC)c2)[C@H]1c1ccccc1C(F)(F)F. The van der Waals surface area contributed by atoms with Crippen molar-refractivity contribution in [3.63, 3.8) is 0 Å². The van der Waals surface area contributed by atoms with E-state index in [-0.39, 0.29) is 23.3 Å². The zero-order chi connectivity index (χ0) is 26.6. The zero-order valence-corrected chi connectivity index (χ0v) is 20.5. The molecule has 1 heterocycles. The summed E-state index contributed by atoms with van der Waals surface area (Å²) in [6, 6.07) is 9.95. The number of carbonyl (C=O) groups excluding carboxylic acids is 2. The molecule has 1 amide bonds. The number of carbonyl (C=O) groups is 2. The van der Waals surface area contributed by atoms with Gasteiger partial charge in [0, 0.05) is 29.6 Å². The number of rotatable bonds is 7. The van der Waals surface area contributed by atoms with Crippen molar-refractivity contribution in [2.75, 3.05) is 21.3 Å². The molecule has 7 nitrogen and oxygen atoms in total. The molecule has 0 aromatic heterocycles. The van der Waals surface area contributed by atoms with Crippen LogP contribution in [-0.2, 0) is 27.0 Å². The van der Waals surface area contributed by atoms with Crippen LogP contribution in [0.2, 0.25) is 0 Å². The zero-order valence-electron chi connectivity index (χ0n) is 20.5. The first-order chi connectivity index (χ1) is 17.0. The summed E-state index contributed by atoms with van der Waals surface area (Å²) in [5.74, 6) is -1.76. The summed E-state index contributed by atoms with van der Waals surface area (Å²) >= 11 is 0. The Hall–Kier alpha value is -3.95. The number of hydrogen-bond donors (Lipinski definition) is 2. The summed E-state index contributed by atoms with van der Waals surface area (Å²) in [6.45, 7) is 3.16. The van der Waals surface area contributed by atoms with Gasteiger partial charge in [-0.3, -0.25) is 4.79 Å². The molecule has 0 saturated carbocycles. The number of esters is 1. The number of allylic oxidation sites excluding steroid dienone is 2. The fourth-order valence-corrected chi connectivity index (χ4v) is 4.24. The molecule has 0 unspecified atom stereocenters. The first kappa shape index (κ1) is 26.7. The van der Waals surface area contributed by atoms with Crippen LogP contribution >= 0.6 is 0 Å². The number of dihydropyridines is 1. The fraction of sp³-hybridized carbons (Fsp3) is 0.308. The normalized spacial score (nSPS) is 15.8. The van der Waals surface area contributed by atoms with Gasteiger partial charge in [0.25, 0.3) is 0 Å². The van der Waals surface area contributed by atoms with E-state index in [4.69, 9.17) is 14.2 Å². The van der Waals surface area contributed by atoms with E-state index in [1.54, 1.807) is 32.0 Å². The van der Waals surface area contributed by atoms with Crippen molar-refractivity contribution in [1.82, 2.24) is 10.6 Å². The van der Waals surface area contributed by atoms with Crippen LogP contribution < -0.4 is 20.1 Å². The van der Waals surface area contributed by atoms with E-state index in [0.717, 1.165) is 13.2 Å². The largest absolute Gasteiger partial charge is 0.497 e. The smallest absolute Gasteiger partial charge is 0.416 e. The van der Waals surface area contributed by atoms with Crippen molar-refractivity contribution in [2.45, 2.75) is 32.5 Å². The van der Waals surface area contributed by atoms with E-state index in [2.05, 4.69) is 10.6 Å². The highest BCUT2D eigenvalue weighted by Gasteiger charge is 2.42. The molecule has 0 radical (unpaired) electrons. The summed E-state index contributed by atoms with van der Waals surface area (Å²) in [6.07, 6.45) is -4.71. The molecule has 0 bridgehead atoms. The number of ether oxygens (including phenoxy) is 3. The van der Waals surface area contributed by atoms with Crippen molar-refractivity contribution < 1.29 is 37.0 Å². The second-order valence-corrected chi connectivity index (χ2v) is 8.12.